The van der Waals surface area contributed by atoms with Crippen LogP contribution in [-0.4, -0.2) is 63.1 Å². The lowest BCUT2D eigenvalue weighted by molar-refractivity contribution is -0.150. The molecule has 0 amide bonds. The Morgan fingerprint density at radius 3 is 2.57 bits per heavy atom. The van der Waals surface area contributed by atoms with Crippen LogP contribution in [0.3, 0.4) is 0 Å². The molecule has 0 spiro atoms. The summed E-state index contributed by atoms with van der Waals surface area (Å²) in [7, 11) is 1.71. The van der Waals surface area contributed by atoms with Crippen LogP contribution in [-0.2, 0) is 39.8 Å². The lowest BCUT2D eigenvalue weighted by Gasteiger charge is -2.37. The average Bonchev–Trinajstić information content (AvgIpc) is 3.36. The second-order valence-electron chi connectivity index (χ2n) is 9.46. The standard InChI is InChI=1S/C28H42O7/c1-4-9-23-17-26(33-20-22-10-6-5-7-11-22)19-27(35-23)18-25(30-3)16-24(34-21(2)29)12-8-13-28-31-14-15-32-28/h4-7,10-11,23-28H,1,8-9,12-20H2,2-3H3/t23-,24+,25-,26?,27?/m1/s1. The number of benzene rings is 1. The van der Waals surface area contributed by atoms with Crippen LogP contribution in [0.4, 0.5) is 0 Å². The van der Waals surface area contributed by atoms with Gasteiger partial charge in [0.2, 0.25) is 0 Å². The molecule has 3 rings (SSSR count). The minimum Gasteiger partial charge on any atom is -0.462 e. The topological polar surface area (TPSA) is 72.5 Å². The van der Waals surface area contributed by atoms with Crippen LogP contribution in [0.5, 0.6) is 0 Å². The van der Waals surface area contributed by atoms with Gasteiger partial charge in [-0.05, 0) is 44.1 Å². The highest BCUT2D eigenvalue weighted by Crippen LogP contribution is 2.29. The van der Waals surface area contributed by atoms with Gasteiger partial charge in [-0.15, -0.1) is 6.58 Å². The highest BCUT2D eigenvalue weighted by atomic mass is 16.7. The lowest BCUT2D eigenvalue weighted by atomic mass is 9.93. The number of carbonyl (C=O) groups is 1. The first-order chi connectivity index (χ1) is 17.1. The van der Waals surface area contributed by atoms with E-state index in [1.807, 2.05) is 24.3 Å². The largest absolute Gasteiger partial charge is 0.462 e. The van der Waals surface area contributed by atoms with Crippen molar-refractivity contribution in [2.24, 2.45) is 0 Å². The maximum atomic E-state index is 11.7. The summed E-state index contributed by atoms with van der Waals surface area (Å²) < 4.78 is 35.1. The molecule has 35 heavy (non-hydrogen) atoms. The van der Waals surface area contributed by atoms with Crippen molar-refractivity contribution in [3.05, 3.63) is 48.6 Å². The van der Waals surface area contributed by atoms with Gasteiger partial charge < -0.3 is 28.4 Å². The van der Waals surface area contributed by atoms with E-state index in [2.05, 4.69) is 18.7 Å². The minimum absolute atomic E-state index is 0.0118. The van der Waals surface area contributed by atoms with Crippen molar-refractivity contribution in [3.63, 3.8) is 0 Å². The van der Waals surface area contributed by atoms with E-state index in [-0.39, 0.29) is 42.8 Å². The number of rotatable bonds is 15. The van der Waals surface area contributed by atoms with Gasteiger partial charge in [0.05, 0.1) is 44.2 Å². The summed E-state index contributed by atoms with van der Waals surface area (Å²) in [6.45, 7) is 7.23. The molecule has 7 nitrogen and oxygen atoms in total. The maximum absolute atomic E-state index is 11.7. The molecule has 196 valence electrons. The third kappa shape index (κ3) is 10.4. The van der Waals surface area contributed by atoms with Crippen LogP contribution < -0.4 is 0 Å². The highest BCUT2D eigenvalue weighted by Gasteiger charge is 2.32. The number of hydrogen-bond acceptors (Lipinski definition) is 7. The van der Waals surface area contributed by atoms with Crippen LogP contribution in [0.25, 0.3) is 0 Å². The molecule has 0 aromatic heterocycles. The van der Waals surface area contributed by atoms with E-state index in [0.717, 1.165) is 44.9 Å². The molecule has 5 atom stereocenters. The van der Waals surface area contributed by atoms with E-state index in [1.165, 1.54) is 12.5 Å². The molecule has 2 fully saturated rings. The van der Waals surface area contributed by atoms with Crippen LogP contribution in [0.1, 0.15) is 63.9 Å². The Bertz CT molecular complexity index is 734. The third-order valence-corrected chi connectivity index (χ3v) is 6.57. The molecule has 7 heteroatoms. The normalized spacial score (nSPS) is 24.7. The molecule has 1 aromatic carbocycles. The predicted molar refractivity (Wildman–Crippen MR) is 133 cm³/mol. The van der Waals surface area contributed by atoms with E-state index in [0.29, 0.717) is 26.2 Å². The Morgan fingerprint density at radius 1 is 1.14 bits per heavy atom. The number of carbonyl (C=O) groups excluding carboxylic acids is 1. The zero-order chi connectivity index (χ0) is 24.9. The smallest absolute Gasteiger partial charge is 0.302 e. The van der Waals surface area contributed by atoms with Crippen LogP contribution >= 0.6 is 0 Å². The number of ether oxygens (including phenoxy) is 6. The summed E-state index contributed by atoms with van der Waals surface area (Å²) in [4.78, 5) is 11.7. The molecular formula is C28H42O7. The van der Waals surface area contributed by atoms with Gasteiger partial charge in [-0.2, -0.15) is 0 Å². The van der Waals surface area contributed by atoms with Gasteiger partial charge in [-0.3, -0.25) is 4.79 Å². The SMILES string of the molecule is C=CC[C@@H]1CC(OCc2ccccc2)CC(C[C@@H](C[C@H](CCCC2OCCO2)OC(C)=O)OC)O1. The fourth-order valence-electron chi connectivity index (χ4n) is 4.90. The zero-order valence-electron chi connectivity index (χ0n) is 21.3. The number of hydrogen-bond donors (Lipinski definition) is 0. The molecule has 0 saturated carbocycles. The Hall–Kier alpha value is -1.77. The van der Waals surface area contributed by atoms with Crippen molar-refractivity contribution in [1.82, 2.24) is 0 Å². The molecule has 2 aliphatic heterocycles. The molecule has 2 unspecified atom stereocenters. The molecule has 0 bridgehead atoms. The van der Waals surface area contributed by atoms with Crippen molar-refractivity contribution in [2.75, 3.05) is 20.3 Å². The molecule has 0 radical (unpaired) electrons. The summed E-state index contributed by atoms with van der Waals surface area (Å²) in [6.07, 6.45) is 7.90. The predicted octanol–water partition coefficient (Wildman–Crippen LogP) is 4.97. The summed E-state index contributed by atoms with van der Waals surface area (Å²) in [5.74, 6) is -0.271. The summed E-state index contributed by atoms with van der Waals surface area (Å²) in [5.41, 5.74) is 1.17. The summed E-state index contributed by atoms with van der Waals surface area (Å²) >= 11 is 0. The first-order valence-corrected chi connectivity index (χ1v) is 12.9. The van der Waals surface area contributed by atoms with Gasteiger partial charge in [0.25, 0.3) is 0 Å². The van der Waals surface area contributed by atoms with Crippen LogP contribution in [0.2, 0.25) is 0 Å². The fourth-order valence-corrected chi connectivity index (χ4v) is 4.90. The fraction of sp³-hybridized carbons (Fsp3) is 0.679. The van der Waals surface area contributed by atoms with E-state index in [4.69, 9.17) is 28.4 Å². The second-order valence-corrected chi connectivity index (χ2v) is 9.46. The quantitative estimate of drug-likeness (QED) is 0.254. The number of methoxy groups -OCH3 is 1. The first-order valence-electron chi connectivity index (χ1n) is 12.9. The third-order valence-electron chi connectivity index (χ3n) is 6.57. The highest BCUT2D eigenvalue weighted by molar-refractivity contribution is 5.66. The molecule has 2 aliphatic rings. The van der Waals surface area contributed by atoms with Crippen molar-refractivity contribution < 1.29 is 33.2 Å². The second kappa shape index (κ2) is 15.4. The molecule has 0 aliphatic carbocycles. The monoisotopic (exact) mass is 490 g/mol. The van der Waals surface area contributed by atoms with Gasteiger partial charge in [-0.1, -0.05) is 36.4 Å². The lowest BCUT2D eigenvalue weighted by Crippen LogP contribution is -2.39. The van der Waals surface area contributed by atoms with E-state index in [1.54, 1.807) is 7.11 Å². The van der Waals surface area contributed by atoms with Gasteiger partial charge in [0.1, 0.15) is 6.10 Å². The van der Waals surface area contributed by atoms with Crippen molar-refractivity contribution in [1.29, 1.82) is 0 Å². The van der Waals surface area contributed by atoms with Gasteiger partial charge in [0.15, 0.2) is 6.29 Å². The van der Waals surface area contributed by atoms with E-state index < -0.39 is 0 Å². The minimum atomic E-state index is -0.271. The van der Waals surface area contributed by atoms with Crippen molar-refractivity contribution in [3.8, 4) is 0 Å². The Morgan fingerprint density at radius 2 is 1.89 bits per heavy atom. The van der Waals surface area contributed by atoms with E-state index in [9.17, 15) is 4.79 Å². The maximum Gasteiger partial charge on any atom is 0.302 e. The van der Waals surface area contributed by atoms with E-state index >= 15 is 0 Å². The molecule has 2 heterocycles. The zero-order valence-corrected chi connectivity index (χ0v) is 21.3. The Balaban J connectivity index is 1.52. The molecule has 0 N–H and O–H groups in total. The van der Waals surface area contributed by atoms with Crippen LogP contribution in [0, 0.1) is 0 Å². The molecular weight excluding hydrogens is 448 g/mol. The van der Waals surface area contributed by atoms with Gasteiger partial charge >= 0.3 is 5.97 Å². The summed E-state index contributed by atoms with van der Waals surface area (Å²) in [5, 5.41) is 0. The first kappa shape index (κ1) is 27.8. The Kier molecular flexibility index (Phi) is 12.2. The average molecular weight is 491 g/mol. The van der Waals surface area contributed by atoms with Gasteiger partial charge in [-0.25, -0.2) is 0 Å². The molecule has 2 saturated heterocycles. The molecule has 1 aromatic rings. The van der Waals surface area contributed by atoms with Gasteiger partial charge in [0, 0.05) is 26.9 Å². The van der Waals surface area contributed by atoms with Crippen molar-refractivity contribution in [2.45, 2.75) is 102 Å². The summed E-state index contributed by atoms with van der Waals surface area (Å²) in [6, 6.07) is 10.2. The Labute approximate surface area is 210 Å². The van der Waals surface area contributed by atoms with Crippen LogP contribution in [0.15, 0.2) is 43.0 Å². The van der Waals surface area contributed by atoms with Crippen molar-refractivity contribution >= 4 is 5.97 Å². The number of esters is 1.